The molecular formula is C8H8Cl2. The van der Waals surface area contributed by atoms with Crippen LogP contribution in [0.4, 0.5) is 0 Å². The predicted octanol–water partition coefficient (Wildman–Crippen LogP) is 2.41. The molecule has 0 spiro atoms. The summed E-state index contributed by atoms with van der Waals surface area (Å²) in [5.74, 6) is 1.91. The lowest BCUT2D eigenvalue weighted by molar-refractivity contribution is 0.583. The summed E-state index contributed by atoms with van der Waals surface area (Å²) in [4.78, 5) is -0.0129. The fourth-order valence-corrected chi connectivity index (χ4v) is 3.90. The Bertz CT molecular complexity index is 223. The molecule has 0 radical (unpaired) electrons. The molecule has 0 N–H and O–H groups in total. The van der Waals surface area contributed by atoms with E-state index >= 15 is 0 Å². The first-order chi connectivity index (χ1) is 4.74. The molecular weight excluding hydrogens is 167 g/mol. The highest BCUT2D eigenvalue weighted by Gasteiger charge is 2.74. The lowest BCUT2D eigenvalue weighted by atomic mass is 10.1. The molecule has 0 heterocycles. The van der Waals surface area contributed by atoms with Crippen molar-refractivity contribution in [3.8, 4) is 0 Å². The Hall–Kier alpha value is 0.320. The molecule has 5 unspecified atom stereocenters. The van der Waals surface area contributed by atoms with Crippen LogP contribution in [0.2, 0.25) is 0 Å². The van der Waals surface area contributed by atoms with Gasteiger partial charge in [0.2, 0.25) is 0 Å². The van der Waals surface area contributed by atoms with Crippen molar-refractivity contribution < 1.29 is 0 Å². The van der Waals surface area contributed by atoms with Gasteiger partial charge in [-0.3, -0.25) is 0 Å². The van der Waals surface area contributed by atoms with E-state index in [1.165, 1.54) is 6.42 Å². The van der Waals surface area contributed by atoms with Gasteiger partial charge in [0.25, 0.3) is 0 Å². The van der Waals surface area contributed by atoms with Gasteiger partial charge in [0.15, 0.2) is 0 Å². The van der Waals surface area contributed by atoms with E-state index in [-0.39, 0.29) is 10.3 Å². The molecule has 54 valence electrons. The Morgan fingerprint density at radius 3 is 2.70 bits per heavy atom. The van der Waals surface area contributed by atoms with Crippen LogP contribution in [0.5, 0.6) is 0 Å². The number of alkyl halides is 2. The van der Waals surface area contributed by atoms with E-state index in [4.69, 9.17) is 23.2 Å². The van der Waals surface area contributed by atoms with Crippen LogP contribution in [0, 0.1) is 17.8 Å². The summed E-state index contributed by atoms with van der Waals surface area (Å²) in [5.41, 5.74) is 0. The predicted molar refractivity (Wildman–Crippen MR) is 42.5 cm³/mol. The molecule has 0 saturated heterocycles. The van der Waals surface area contributed by atoms with Crippen LogP contribution >= 0.6 is 23.2 Å². The van der Waals surface area contributed by atoms with Gasteiger partial charge in [-0.15, -0.1) is 23.2 Å². The lowest BCUT2D eigenvalue weighted by Gasteiger charge is -2.10. The normalized spacial score (nSPS) is 68.6. The maximum atomic E-state index is 6.31. The molecule has 5 atom stereocenters. The molecule has 2 fully saturated rings. The SMILES string of the molecule is ClC1C2C3C=CC(C3)C12Cl. The third-order valence-corrected chi connectivity index (χ3v) is 4.80. The Balaban J connectivity index is 2.08. The quantitative estimate of drug-likeness (QED) is 0.391. The van der Waals surface area contributed by atoms with E-state index < -0.39 is 0 Å². The van der Waals surface area contributed by atoms with E-state index in [2.05, 4.69) is 12.2 Å². The average Bonchev–Trinajstić information content (AvgIpc) is 2.36. The van der Waals surface area contributed by atoms with Crippen LogP contribution < -0.4 is 0 Å². The van der Waals surface area contributed by atoms with Crippen molar-refractivity contribution in [2.24, 2.45) is 17.8 Å². The minimum absolute atomic E-state index is 0.0129. The fraction of sp³-hybridized carbons (Fsp3) is 0.750. The van der Waals surface area contributed by atoms with Crippen molar-refractivity contribution in [3.63, 3.8) is 0 Å². The van der Waals surface area contributed by atoms with Gasteiger partial charge >= 0.3 is 0 Å². The summed E-state index contributed by atoms with van der Waals surface area (Å²) in [6, 6.07) is 0. The molecule has 10 heavy (non-hydrogen) atoms. The second kappa shape index (κ2) is 1.42. The second-order valence-corrected chi connectivity index (χ2v) is 4.77. The molecule has 3 aliphatic carbocycles. The largest absolute Gasteiger partial charge is 0.121 e. The molecule has 0 aliphatic heterocycles. The maximum absolute atomic E-state index is 6.31. The molecule has 2 heteroatoms. The van der Waals surface area contributed by atoms with Gasteiger partial charge in [-0.1, -0.05) is 12.2 Å². The van der Waals surface area contributed by atoms with Gasteiger partial charge in [-0.2, -0.15) is 0 Å². The monoisotopic (exact) mass is 174 g/mol. The number of fused-ring (bicyclic) bond motifs is 5. The van der Waals surface area contributed by atoms with Crippen LogP contribution in [0.3, 0.4) is 0 Å². The van der Waals surface area contributed by atoms with Gasteiger partial charge < -0.3 is 0 Å². The lowest BCUT2D eigenvalue weighted by Crippen LogP contribution is -2.12. The molecule has 3 aliphatic rings. The van der Waals surface area contributed by atoms with Crippen LogP contribution in [0.15, 0.2) is 12.2 Å². The van der Waals surface area contributed by atoms with Crippen LogP contribution in [0.1, 0.15) is 6.42 Å². The molecule has 0 aromatic carbocycles. The first-order valence-electron chi connectivity index (χ1n) is 3.76. The van der Waals surface area contributed by atoms with E-state index in [0.717, 1.165) is 0 Å². The highest BCUT2D eigenvalue weighted by atomic mass is 35.5. The molecule has 2 saturated carbocycles. The Morgan fingerprint density at radius 2 is 2.20 bits per heavy atom. The Labute approximate surface area is 70.2 Å². The highest BCUT2D eigenvalue weighted by molar-refractivity contribution is 6.38. The summed E-state index contributed by atoms with van der Waals surface area (Å²) >= 11 is 12.4. The summed E-state index contributed by atoms with van der Waals surface area (Å²) in [7, 11) is 0. The number of rotatable bonds is 0. The zero-order valence-electron chi connectivity index (χ0n) is 5.43. The summed E-state index contributed by atoms with van der Waals surface area (Å²) in [5, 5.41) is 0.257. The number of hydrogen-bond donors (Lipinski definition) is 0. The third-order valence-electron chi connectivity index (χ3n) is 3.29. The van der Waals surface area contributed by atoms with E-state index in [1.54, 1.807) is 0 Å². The van der Waals surface area contributed by atoms with Crippen molar-refractivity contribution >= 4 is 23.2 Å². The van der Waals surface area contributed by atoms with E-state index in [1.807, 2.05) is 0 Å². The fourth-order valence-electron chi connectivity index (χ4n) is 2.68. The zero-order valence-corrected chi connectivity index (χ0v) is 6.94. The van der Waals surface area contributed by atoms with Crippen LogP contribution in [0.25, 0.3) is 0 Å². The first kappa shape index (κ1) is 5.91. The van der Waals surface area contributed by atoms with Gasteiger partial charge in [0.05, 0.1) is 10.3 Å². The summed E-state index contributed by atoms with van der Waals surface area (Å²) < 4.78 is 0. The number of hydrogen-bond acceptors (Lipinski definition) is 0. The molecule has 0 aromatic heterocycles. The van der Waals surface area contributed by atoms with Gasteiger partial charge in [-0.25, -0.2) is 0 Å². The van der Waals surface area contributed by atoms with Crippen molar-refractivity contribution in [1.29, 1.82) is 0 Å². The van der Waals surface area contributed by atoms with Gasteiger partial charge in [0.1, 0.15) is 0 Å². The highest BCUT2D eigenvalue weighted by Crippen LogP contribution is 2.71. The summed E-state index contributed by atoms with van der Waals surface area (Å²) in [6.07, 6.45) is 5.80. The van der Waals surface area contributed by atoms with Crippen molar-refractivity contribution in [1.82, 2.24) is 0 Å². The molecule has 2 bridgehead atoms. The smallest absolute Gasteiger partial charge is 0.0724 e. The number of allylic oxidation sites excluding steroid dienone is 2. The molecule has 0 nitrogen and oxygen atoms in total. The zero-order chi connectivity index (χ0) is 6.93. The van der Waals surface area contributed by atoms with Crippen LogP contribution in [-0.4, -0.2) is 10.3 Å². The Kier molecular flexibility index (Phi) is 0.838. The van der Waals surface area contributed by atoms with Crippen molar-refractivity contribution in [3.05, 3.63) is 12.2 Å². The number of halogens is 2. The Morgan fingerprint density at radius 1 is 1.40 bits per heavy atom. The summed E-state index contributed by atoms with van der Waals surface area (Å²) in [6.45, 7) is 0. The van der Waals surface area contributed by atoms with Gasteiger partial charge in [0, 0.05) is 5.92 Å². The minimum atomic E-state index is -0.0129. The molecule has 3 rings (SSSR count). The molecule has 0 aromatic rings. The maximum Gasteiger partial charge on any atom is 0.0724 e. The second-order valence-electron chi connectivity index (χ2n) is 3.65. The first-order valence-corrected chi connectivity index (χ1v) is 4.57. The standard InChI is InChI=1S/C8H8Cl2/c9-7-6-4-1-2-5(3-4)8(6,7)10/h1-2,4-7H,3H2. The van der Waals surface area contributed by atoms with E-state index in [9.17, 15) is 0 Å². The van der Waals surface area contributed by atoms with Crippen molar-refractivity contribution in [2.75, 3.05) is 0 Å². The minimum Gasteiger partial charge on any atom is -0.121 e. The molecule has 0 amide bonds. The average molecular weight is 175 g/mol. The topological polar surface area (TPSA) is 0 Å². The van der Waals surface area contributed by atoms with E-state index in [0.29, 0.717) is 17.8 Å². The van der Waals surface area contributed by atoms with Gasteiger partial charge in [-0.05, 0) is 18.3 Å². The van der Waals surface area contributed by atoms with Crippen molar-refractivity contribution in [2.45, 2.75) is 16.7 Å². The third kappa shape index (κ3) is 0.402. The van der Waals surface area contributed by atoms with Crippen LogP contribution in [-0.2, 0) is 0 Å².